The summed E-state index contributed by atoms with van der Waals surface area (Å²) >= 11 is 4.77. The Hall–Kier alpha value is 0.320. The predicted molar refractivity (Wildman–Crippen MR) is 173 cm³/mol. The van der Waals surface area contributed by atoms with Crippen molar-refractivity contribution in [2.24, 2.45) is 10.8 Å². The van der Waals surface area contributed by atoms with Crippen LogP contribution < -0.4 is 0 Å². The molecule has 2 aliphatic rings. The van der Waals surface area contributed by atoms with E-state index in [1.807, 2.05) is 0 Å². The first-order valence-corrected chi connectivity index (χ1v) is 16.6. The highest BCUT2D eigenvalue weighted by Crippen LogP contribution is 2.55. The number of halogens is 2. The van der Waals surface area contributed by atoms with Crippen molar-refractivity contribution in [2.45, 2.75) is 138 Å². The summed E-state index contributed by atoms with van der Waals surface area (Å²) in [5.41, 5.74) is -0.450. The molecule has 0 amide bonds. The van der Waals surface area contributed by atoms with E-state index in [1.54, 1.807) is 0 Å². The number of unbranched alkanes of at least 4 members (excludes halogenated alkanes) is 5. The van der Waals surface area contributed by atoms with Crippen molar-refractivity contribution in [2.75, 3.05) is 27.2 Å². The van der Waals surface area contributed by atoms with Crippen LogP contribution in [0.2, 0.25) is 0 Å². The topological polar surface area (TPSA) is 59.1 Å². The molecule has 8 heteroatoms. The van der Waals surface area contributed by atoms with Gasteiger partial charge in [0.1, 0.15) is 0 Å². The van der Waals surface area contributed by atoms with Crippen LogP contribution in [0.1, 0.15) is 120 Å². The number of piperidine rings is 2. The van der Waals surface area contributed by atoms with Crippen LogP contribution in [0, 0.1) is 10.8 Å². The smallest absolute Gasteiger partial charge is 0.307 e. The maximum atomic E-state index is 12.7. The number of hydrogen-bond acceptors (Lipinski definition) is 6. The van der Waals surface area contributed by atoms with Crippen molar-refractivity contribution >= 4 is 57.1 Å². The molecule has 0 aromatic carbocycles. The summed E-state index contributed by atoms with van der Waals surface area (Å²) in [6.45, 7) is 19.7. The second-order valence-electron chi connectivity index (χ2n) is 13.7. The van der Waals surface area contributed by atoms with Crippen molar-refractivity contribution in [3.63, 3.8) is 0 Å². The van der Waals surface area contributed by atoms with Gasteiger partial charge in [0, 0.05) is 60.7 Å². The fraction of sp³-hybridized carbons (Fsp3) is 0.933. The van der Waals surface area contributed by atoms with E-state index in [0.717, 1.165) is 64.5 Å². The molecule has 2 saturated heterocycles. The molecule has 222 valence electrons. The van der Waals surface area contributed by atoms with Gasteiger partial charge in [0.2, 0.25) is 0 Å². The summed E-state index contributed by atoms with van der Waals surface area (Å²) in [4.78, 5) is 30.1. The number of ether oxygens (including phenoxy) is 2. The van der Waals surface area contributed by atoms with Crippen LogP contribution in [-0.2, 0) is 19.1 Å². The van der Waals surface area contributed by atoms with Crippen LogP contribution in [-0.4, -0.2) is 67.2 Å². The van der Waals surface area contributed by atoms with Crippen LogP contribution in [0.4, 0.5) is 0 Å². The highest BCUT2D eigenvalue weighted by atomic mass is 127. The van der Waals surface area contributed by atoms with Crippen molar-refractivity contribution in [3.8, 4) is 0 Å². The highest BCUT2D eigenvalue weighted by molar-refractivity contribution is 14.1. The number of hydrogen-bond donors (Lipinski definition) is 0. The minimum atomic E-state index is -0.485. The van der Waals surface area contributed by atoms with Gasteiger partial charge in [0.25, 0.3) is 0 Å². The van der Waals surface area contributed by atoms with Crippen molar-refractivity contribution < 1.29 is 19.1 Å². The lowest BCUT2D eigenvalue weighted by atomic mass is 9.66. The second kappa shape index (κ2) is 12.7. The summed E-state index contributed by atoms with van der Waals surface area (Å²) in [7, 11) is 4.30. The summed E-state index contributed by atoms with van der Waals surface area (Å²) in [5.74, 6) is -0.161. The van der Waals surface area contributed by atoms with E-state index in [-0.39, 0.29) is 33.8 Å². The fourth-order valence-electron chi connectivity index (χ4n) is 5.74. The molecule has 2 aliphatic heterocycles. The van der Waals surface area contributed by atoms with Gasteiger partial charge in [-0.15, -0.1) is 0 Å². The van der Waals surface area contributed by atoms with E-state index >= 15 is 0 Å². The Morgan fingerprint density at radius 2 is 0.895 bits per heavy atom. The third kappa shape index (κ3) is 6.85. The summed E-state index contributed by atoms with van der Waals surface area (Å²) in [5, 5.41) is 0. The fourth-order valence-corrected chi connectivity index (χ4v) is 8.03. The SMILES string of the molecule is CN1CCC(I)(OC(=O)CCCCCCCCC(=O)OC2(I)CCN(C)C(C)(C)C2(C)C)C(C)(C)C1(C)C. The quantitative estimate of drug-likeness (QED) is 0.0931. The first-order valence-electron chi connectivity index (χ1n) is 14.5. The number of esters is 2. The molecule has 0 aromatic rings. The normalized spacial score (nSPS) is 30.5. The monoisotopic (exact) mass is 760 g/mol. The lowest BCUT2D eigenvalue weighted by Crippen LogP contribution is -2.66. The van der Waals surface area contributed by atoms with E-state index < -0.39 is 7.22 Å². The molecule has 0 bridgehead atoms. The summed E-state index contributed by atoms with van der Waals surface area (Å²) < 4.78 is 11.3. The van der Waals surface area contributed by atoms with Crippen LogP contribution in [0.25, 0.3) is 0 Å². The van der Waals surface area contributed by atoms with Gasteiger partial charge in [-0.05, 0) is 99.8 Å². The van der Waals surface area contributed by atoms with Gasteiger partial charge in [-0.3, -0.25) is 9.59 Å². The Labute approximate surface area is 260 Å². The van der Waals surface area contributed by atoms with Gasteiger partial charge in [-0.25, -0.2) is 0 Å². The molecule has 2 fully saturated rings. The molecule has 0 spiro atoms. The molecule has 0 N–H and O–H groups in total. The van der Waals surface area contributed by atoms with Crippen LogP contribution in [0.15, 0.2) is 0 Å². The number of rotatable bonds is 11. The third-order valence-corrected chi connectivity index (χ3v) is 15.2. The molecule has 2 rings (SSSR count). The minimum absolute atomic E-state index is 0.0592. The van der Waals surface area contributed by atoms with Gasteiger partial charge in [0.05, 0.1) is 0 Å². The molecule has 6 nitrogen and oxygen atoms in total. The maximum Gasteiger partial charge on any atom is 0.307 e. The molecule has 0 aliphatic carbocycles. The zero-order valence-electron chi connectivity index (χ0n) is 25.8. The highest BCUT2D eigenvalue weighted by Gasteiger charge is 2.60. The van der Waals surface area contributed by atoms with Gasteiger partial charge in [0.15, 0.2) is 7.22 Å². The molecule has 0 aromatic heterocycles. The molecule has 2 heterocycles. The Morgan fingerprint density at radius 3 is 1.21 bits per heavy atom. The first kappa shape index (κ1) is 34.5. The second-order valence-corrected chi connectivity index (χ2v) is 17.2. The molecular weight excluding hydrogens is 706 g/mol. The molecule has 0 saturated carbocycles. The van der Waals surface area contributed by atoms with Crippen molar-refractivity contribution in [3.05, 3.63) is 0 Å². The Bertz CT molecular complexity index is 776. The molecule has 0 radical (unpaired) electrons. The van der Waals surface area contributed by atoms with Gasteiger partial charge < -0.3 is 19.3 Å². The Kier molecular flexibility index (Phi) is 11.5. The lowest BCUT2D eigenvalue weighted by Gasteiger charge is -2.59. The van der Waals surface area contributed by atoms with Gasteiger partial charge in [-0.2, -0.15) is 0 Å². The van der Waals surface area contributed by atoms with Crippen molar-refractivity contribution in [1.29, 1.82) is 0 Å². The molecule has 2 atom stereocenters. The minimum Gasteiger partial charge on any atom is -0.448 e. The van der Waals surface area contributed by atoms with E-state index in [2.05, 4.69) is 124 Å². The van der Waals surface area contributed by atoms with E-state index in [4.69, 9.17) is 9.47 Å². The lowest BCUT2D eigenvalue weighted by molar-refractivity contribution is -0.177. The summed E-state index contributed by atoms with van der Waals surface area (Å²) in [6.07, 6.45) is 8.53. The third-order valence-electron chi connectivity index (χ3n) is 10.9. The van der Waals surface area contributed by atoms with E-state index in [0.29, 0.717) is 12.8 Å². The van der Waals surface area contributed by atoms with Crippen LogP contribution in [0.3, 0.4) is 0 Å². The largest absolute Gasteiger partial charge is 0.448 e. The van der Waals surface area contributed by atoms with Crippen LogP contribution >= 0.6 is 45.2 Å². The predicted octanol–water partition coefficient (Wildman–Crippen LogP) is 7.74. The van der Waals surface area contributed by atoms with E-state index in [1.165, 1.54) is 0 Å². The number of carbonyl (C=O) groups is 2. The average molecular weight is 761 g/mol. The van der Waals surface area contributed by atoms with E-state index in [9.17, 15) is 9.59 Å². The zero-order valence-corrected chi connectivity index (χ0v) is 30.1. The molecule has 2 unspecified atom stereocenters. The molecule has 38 heavy (non-hydrogen) atoms. The standard InChI is InChI=1S/C30H54I2N2O4/c1-25(2)27(5,6)33(9)21-19-29(25,31)37-23(35)17-15-13-11-12-14-16-18-24(36)38-30(32)20-22-34(10)28(7,8)26(30,3)4/h11-22H2,1-10H3. The van der Waals surface area contributed by atoms with Crippen LogP contribution in [0.5, 0.6) is 0 Å². The average Bonchev–Trinajstić information content (AvgIpc) is 2.80. The Morgan fingerprint density at radius 1 is 0.605 bits per heavy atom. The van der Waals surface area contributed by atoms with Gasteiger partial charge >= 0.3 is 11.9 Å². The Balaban J connectivity index is 1.65. The zero-order chi connectivity index (χ0) is 29.2. The first-order chi connectivity index (χ1) is 17.3. The number of carbonyl (C=O) groups excluding carboxylic acids is 2. The summed E-state index contributed by atoms with van der Waals surface area (Å²) in [6, 6.07) is 0. The number of nitrogens with zero attached hydrogens (tertiary/aromatic N) is 2. The number of alkyl halides is 2. The maximum absolute atomic E-state index is 12.7. The van der Waals surface area contributed by atoms with Gasteiger partial charge in [-0.1, -0.05) is 53.4 Å². The number of likely N-dealkylation sites (tertiary alicyclic amines) is 2. The van der Waals surface area contributed by atoms with Crippen molar-refractivity contribution in [1.82, 2.24) is 9.80 Å². The molecular formula is C30H54I2N2O4.